The highest BCUT2D eigenvalue weighted by Crippen LogP contribution is 2.39. The molecule has 1 amide bonds. The van der Waals surface area contributed by atoms with Crippen LogP contribution in [0, 0.1) is 0 Å². The van der Waals surface area contributed by atoms with Crippen molar-refractivity contribution >= 4 is 45.2 Å². The summed E-state index contributed by atoms with van der Waals surface area (Å²) in [5, 5.41) is 24.0. The summed E-state index contributed by atoms with van der Waals surface area (Å²) in [6, 6.07) is 15.9. The first kappa shape index (κ1) is 20.8. The number of hydrogen-bond acceptors (Lipinski definition) is 8. The highest BCUT2D eigenvalue weighted by Gasteiger charge is 2.25. The van der Waals surface area contributed by atoms with Gasteiger partial charge in [-0.2, -0.15) is 0 Å². The lowest BCUT2D eigenvalue weighted by Crippen LogP contribution is -2.27. The van der Waals surface area contributed by atoms with Crippen LogP contribution in [0.2, 0.25) is 0 Å². The van der Waals surface area contributed by atoms with E-state index in [1.807, 2.05) is 38.1 Å². The van der Waals surface area contributed by atoms with Gasteiger partial charge in [0.2, 0.25) is 5.17 Å². The van der Waals surface area contributed by atoms with Crippen LogP contribution >= 0.6 is 11.9 Å². The zero-order valence-corrected chi connectivity index (χ0v) is 18.0. The molecule has 0 aliphatic carbocycles. The number of aromatic hydroxyl groups is 1. The van der Waals surface area contributed by atoms with Gasteiger partial charge in [-0.3, -0.25) is 4.79 Å². The van der Waals surface area contributed by atoms with Crippen LogP contribution in [-0.2, 0) is 0 Å². The molecule has 4 rings (SSSR count). The molecule has 0 saturated heterocycles. The molecule has 0 radical (unpaired) electrons. The quantitative estimate of drug-likeness (QED) is 0.384. The number of phenols is 1. The van der Waals surface area contributed by atoms with Crippen LogP contribution in [0.15, 0.2) is 69.8 Å². The largest absolute Gasteiger partial charge is 0.505 e. The van der Waals surface area contributed by atoms with Crippen molar-refractivity contribution in [2.24, 2.45) is 15.2 Å². The van der Waals surface area contributed by atoms with Crippen molar-refractivity contribution in [3.05, 3.63) is 60.2 Å². The molecule has 0 aromatic heterocycles. The van der Waals surface area contributed by atoms with Crippen molar-refractivity contribution in [3.8, 4) is 11.5 Å². The molecule has 3 aromatic rings. The Bertz CT molecular complexity index is 1210. The number of fused-ring (bicyclic) bond motifs is 1. The molecule has 158 valence electrons. The number of phenolic OH excluding ortho intramolecular Hbond substituents is 1. The first-order valence-electron chi connectivity index (χ1n) is 9.52. The molecule has 31 heavy (non-hydrogen) atoms. The zero-order chi connectivity index (χ0) is 22.0. The molecule has 9 heteroatoms. The van der Waals surface area contributed by atoms with E-state index in [0.29, 0.717) is 22.0 Å². The minimum atomic E-state index is -0.458. The number of aliphatic imine (C=N–C) groups is 1. The van der Waals surface area contributed by atoms with Crippen LogP contribution in [0.25, 0.3) is 10.8 Å². The van der Waals surface area contributed by atoms with Gasteiger partial charge in [0.25, 0.3) is 5.91 Å². The summed E-state index contributed by atoms with van der Waals surface area (Å²) in [6.07, 6.45) is 0. The van der Waals surface area contributed by atoms with Gasteiger partial charge in [0, 0.05) is 11.1 Å². The molecule has 0 bridgehead atoms. The normalized spacial score (nSPS) is 15.3. The van der Waals surface area contributed by atoms with Gasteiger partial charge in [0.15, 0.2) is 5.75 Å². The second-order valence-electron chi connectivity index (χ2n) is 7.38. The molecule has 0 spiro atoms. The number of hydrogen-bond donors (Lipinski definition) is 3. The van der Waals surface area contributed by atoms with Crippen molar-refractivity contribution < 1.29 is 14.6 Å². The first-order valence-corrected chi connectivity index (χ1v) is 10.3. The van der Waals surface area contributed by atoms with E-state index in [1.165, 1.54) is 11.9 Å². The summed E-state index contributed by atoms with van der Waals surface area (Å²) in [7, 11) is 1.57. The number of benzene rings is 3. The smallest absolute Gasteiger partial charge is 0.259 e. The number of methoxy groups -OCH3 is 1. The van der Waals surface area contributed by atoms with E-state index < -0.39 is 11.6 Å². The molecule has 0 fully saturated rings. The Morgan fingerprint density at radius 3 is 2.58 bits per heavy atom. The number of nitrogens with one attached hydrogen (secondary N) is 2. The highest BCUT2D eigenvalue weighted by molar-refractivity contribution is 8.12. The fourth-order valence-electron chi connectivity index (χ4n) is 3.06. The molecule has 1 heterocycles. The minimum Gasteiger partial charge on any atom is -0.505 e. The van der Waals surface area contributed by atoms with Gasteiger partial charge in [0.05, 0.1) is 12.7 Å². The molecule has 3 aromatic carbocycles. The Kier molecular flexibility index (Phi) is 5.62. The van der Waals surface area contributed by atoms with Crippen LogP contribution in [-0.4, -0.2) is 29.0 Å². The number of azo groups is 1. The van der Waals surface area contributed by atoms with Gasteiger partial charge in [0.1, 0.15) is 17.1 Å². The molecule has 0 atom stereocenters. The number of carbonyl (C=O) groups is 1. The summed E-state index contributed by atoms with van der Waals surface area (Å²) >= 11 is 1.26. The topological polar surface area (TPSA) is 108 Å². The maximum Gasteiger partial charge on any atom is 0.259 e. The van der Waals surface area contributed by atoms with Gasteiger partial charge >= 0.3 is 0 Å². The van der Waals surface area contributed by atoms with E-state index >= 15 is 0 Å². The van der Waals surface area contributed by atoms with Crippen molar-refractivity contribution in [2.75, 3.05) is 12.4 Å². The second-order valence-corrected chi connectivity index (χ2v) is 8.16. The fraction of sp³-hybridized carbons (Fsp3) is 0.182. The fourth-order valence-corrected chi connectivity index (χ4v) is 3.80. The molecular weight excluding hydrogens is 414 g/mol. The summed E-state index contributed by atoms with van der Waals surface area (Å²) in [5.41, 5.74) is 0.448. The van der Waals surface area contributed by atoms with Crippen molar-refractivity contribution in [3.63, 3.8) is 0 Å². The standard InChI is InChI=1S/C22H21N5O3S/c1-22(2)24-21(31-27-22)26-25-18-16-7-5-4-6-13(16)12-17(19(18)28)20(29)23-14-8-10-15(30-3)11-9-14/h4-12,27-28H,1-3H3,(H,23,29). The van der Waals surface area contributed by atoms with Gasteiger partial charge in [-0.15, -0.1) is 10.2 Å². The van der Waals surface area contributed by atoms with Crippen LogP contribution < -0.4 is 14.8 Å². The van der Waals surface area contributed by atoms with E-state index in [9.17, 15) is 9.90 Å². The summed E-state index contributed by atoms with van der Waals surface area (Å²) in [6.45, 7) is 3.83. The van der Waals surface area contributed by atoms with Crippen molar-refractivity contribution in [1.82, 2.24) is 4.72 Å². The van der Waals surface area contributed by atoms with E-state index in [2.05, 4.69) is 25.3 Å². The predicted molar refractivity (Wildman–Crippen MR) is 123 cm³/mol. The molecule has 0 saturated carbocycles. The number of anilines is 1. The zero-order valence-electron chi connectivity index (χ0n) is 17.2. The summed E-state index contributed by atoms with van der Waals surface area (Å²) in [5.74, 6) is -0.0239. The lowest BCUT2D eigenvalue weighted by atomic mass is 10.0. The lowest BCUT2D eigenvalue weighted by Gasteiger charge is -2.11. The van der Waals surface area contributed by atoms with Crippen molar-refractivity contribution in [2.45, 2.75) is 19.5 Å². The van der Waals surface area contributed by atoms with Gasteiger partial charge < -0.3 is 15.2 Å². The van der Waals surface area contributed by atoms with Crippen LogP contribution in [0.5, 0.6) is 11.5 Å². The molecule has 0 unspecified atom stereocenters. The predicted octanol–water partition coefficient (Wildman–Crippen LogP) is 5.23. The second kappa shape index (κ2) is 8.37. The maximum atomic E-state index is 12.9. The van der Waals surface area contributed by atoms with Gasteiger partial charge in [-0.05, 0) is 61.5 Å². The number of ether oxygens (including phenoxy) is 1. The maximum absolute atomic E-state index is 12.9. The molecule has 1 aliphatic rings. The Labute approximate surface area is 183 Å². The molecule has 3 N–H and O–H groups in total. The van der Waals surface area contributed by atoms with E-state index in [-0.39, 0.29) is 17.0 Å². The monoisotopic (exact) mass is 435 g/mol. The third-order valence-electron chi connectivity index (χ3n) is 4.59. The number of amidine groups is 1. The number of amides is 1. The minimum absolute atomic E-state index is 0.0999. The molecule has 8 nitrogen and oxygen atoms in total. The highest BCUT2D eigenvalue weighted by atomic mass is 32.2. The third-order valence-corrected chi connectivity index (χ3v) is 5.55. The van der Waals surface area contributed by atoms with Gasteiger partial charge in [-0.25, -0.2) is 9.71 Å². The Morgan fingerprint density at radius 1 is 1.16 bits per heavy atom. The third kappa shape index (κ3) is 4.52. The Hall–Kier alpha value is -3.43. The number of carbonyl (C=O) groups excluding carboxylic acids is 1. The van der Waals surface area contributed by atoms with Crippen molar-refractivity contribution in [1.29, 1.82) is 0 Å². The van der Waals surface area contributed by atoms with Crippen LogP contribution in [0.3, 0.4) is 0 Å². The van der Waals surface area contributed by atoms with E-state index in [0.717, 1.165) is 5.39 Å². The van der Waals surface area contributed by atoms with Gasteiger partial charge in [-0.1, -0.05) is 24.3 Å². The Morgan fingerprint density at radius 2 is 1.90 bits per heavy atom. The molecule has 1 aliphatic heterocycles. The van der Waals surface area contributed by atoms with Crippen LogP contribution in [0.1, 0.15) is 24.2 Å². The number of nitrogens with zero attached hydrogens (tertiary/aromatic N) is 3. The lowest BCUT2D eigenvalue weighted by molar-refractivity contribution is 0.102. The van der Waals surface area contributed by atoms with Crippen LogP contribution in [0.4, 0.5) is 11.4 Å². The first-order chi connectivity index (χ1) is 14.9. The summed E-state index contributed by atoms with van der Waals surface area (Å²) < 4.78 is 8.26. The average molecular weight is 436 g/mol. The SMILES string of the molecule is COc1ccc(NC(=O)c2cc3ccccc3c(N=NC3=NC(C)(C)NS3)c2O)cc1. The molecular formula is C22H21N5O3S. The number of rotatable bonds is 4. The van der Waals surface area contributed by atoms with E-state index in [4.69, 9.17) is 4.74 Å². The average Bonchev–Trinajstić information content (AvgIpc) is 3.11. The van der Waals surface area contributed by atoms with E-state index in [1.54, 1.807) is 37.4 Å². The summed E-state index contributed by atoms with van der Waals surface area (Å²) in [4.78, 5) is 17.3. The Balaban J connectivity index is 1.71.